The molecule has 0 radical (unpaired) electrons. The largest absolute Gasteiger partial charge is 0.418 e. The van der Waals surface area contributed by atoms with Gasteiger partial charge < -0.3 is 10.0 Å². The Bertz CT molecular complexity index is 853. The standard InChI is InChI=1S/C19H16ClF3N2O/c20-16-4-2-1-3-14(16)18(26)7-9-25(10-8-18)17-6-5-13(12-24)11-15(17)19(21,22)23/h1-6,11,26H,7-10H2. The van der Waals surface area contributed by atoms with Crippen molar-refractivity contribution in [3.8, 4) is 6.07 Å². The van der Waals surface area contributed by atoms with Crippen LogP contribution >= 0.6 is 11.6 Å². The molecule has 1 saturated heterocycles. The minimum atomic E-state index is -4.56. The van der Waals surface area contributed by atoms with E-state index < -0.39 is 17.3 Å². The number of alkyl halides is 3. The number of nitriles is 1. The molecule has 2 aromatic carbocycles. The molecule has 1 aliphatic rings. The van der Waals surface area contributed by atoms with Crippen molar-refractivity contribution in [2.75, 3.05) is 18.0 Å². The van der Waals surface area contributed by atoms with Gasteiger partial charge in [-0.25, -0.2) is 0 Å². The summed E-state index contributed by atoms with van der Waals surface area (Å²) in [5, 5.41) is 20.2. The fourth-order valence-corrected chi connectivity index (χ4v) is 3.65. The minimum Gasteiger partial charge on any atom is -0.385 e. The van der Waals surface area contributed by atoms with Gasteiger partial charge in [-0.05, 0) is 37.1 Å². The van der Waals surface area contributed by atoms with Crippen molar-refractivity contribution in [1.82, 2.24) is 0 Å². The summed E-state index contributed by atoms with van der Waals surface area (Å²) in [6.45, 7) is 0.493. The molecular weight excluding hydrogens is 365 g/mol. The Hall–Kier alpha value is -2.23. The predicted molar refractivity (Wildman–Crippen MR) is 93.0 cm³/mol. The van der Waals surface area contributed by atoms with E-state index >= 15 is 0 Å². The molecular formula is C19H16ClF3N2O. The van der Waals surface area contributed by atoms with E-state index in [0.717, 1.165) is 6.07 Å². The summed E-state index contributed by atoms with van der Waals surface area (Å²) in [7, 11) is 0. The van der Waals surface area contributed by atoms with E-state index in [-0.39, 0.29) is 37.2 Å². The number of piperidine rings is 1. The molecule has 0 amide bonds. The number of hydrogen-bond acceptors (Lipinski definition) is 3. The monoisotopic (exact) mass is 380 g/mol. The van der Waals surface area contributed by atoms with Crippen LogP contribution in [0.3, 0.4) is 0 Å². The van der Waals surface area contributed by atoms with E-state index in [2.05, 4.69) is 0 Å². The average molecular weight is 381 g/mol. The number of nitrogens with zero attached hydrogens (tertiary/aromatic N) is 2. The highest BCUT2D eigenvalue weighted by molar-refractivity contribution is 6.31. The van der Waals surface area contributed by atoms with Crippen LogP contribution in [-0.2, 0) is 11.8 Å². The van der Waals surface area contributed by atoms with E-state index in [4.69, 9.17) is 16.9 Å². The maximum atomic E-state index is 13.4. The molecule has 136 valence electrons. The van der Waals surface area contributed by atoms with Crippen molar-refractivity contribution in [2.24, 2.45) is 0 Å². The van der Waals surface area contributed by atoms with E-state index in [0.29, 0.717) is 10.6 Å². The molecule has 0 atom stereocenters. The highest BCUT2D eigenvalue weighted by atomic mass is 35.5. The lowest BCUT2D eigenvalue weighted by Gasteiger charge is -2.40. The molecule has 0 aliphatic carbocycles. The molecule has 0 aromatic heterocycles. The number of anilines is 1. The number of hydrogen-bond donors (Lipinski definition) is 1. The molecule has 0 spiro atoms. The van der Waals surface area contributed by atoms with Gasteiger partial charge in [-0.15, -0.1) is 0 Å². The summed E-state index contributed by atoms with van der Waals surface area (Å²) in [6.07, 6.45) is -4.04. The maximum Gasteiger partial charge on any atom is 0.418 e. The summed E-state index contributed by atoms with van der Waals surface area (Å²) in [6, 6.07) is 12.3. The lowest BCUT2D eigenvalue weighted by molar-refractivity contribution is -0.137. The van der Waals surface area contributed by atoms with Crippen LogP contribution in [0.15, 0.2) is 42.5 Å². The Balaban J connectivity index is 1.87. The minimum absolute atomic E-state index is 0.0257. The van der Waals surface area contributed by atoms with Crippen molar-refractivity contribution in [1.29, 1.82) is 5.26 Å². The predicted octanol–water partition coefficient (Wildman–Crippen LogP) is 4.72. The first-order chi connectivity index (χ1) is 12.2. The third-order valence-electron chi connectivity index (χ3n) is 4.74. The van der Waals surface area contributed by atoms with E-state index in [1.54, 1.807) is 35.2 Å². The van der Waals surface area contributed by atoms with Gasteiger partial charge in [-0.3, -0.25) is 0 Å². The second kappa shape index (κ2) is 6.82. The summed E-state index contributed by atoms with van der Waals surface area (Å²) in [5.41, 5.74) is -1.42. The third kappa shape index (κ3) is 3.50. The third-order valence-corrected chi connectivity index (χ3v) is 5.07. The molecule has 3 nitrogen and oxygen atoms in total. The van der Waals surface area contributed by atoms with Gasteiger partial charge in [0, 0.05) is 29.4 Å². The average Bonchev–Trinajstić information content (AvgIpc) is 2.61. The molecule has 7 heteroatoms. The molecule has 0 bridgehead atoms. The first-order valence-corrected chi connectivity index (χ1v) is 8.46. The molecule has 1 N–H and O–H groups in total. The van der Waals surface area contributed by atoms with Crippen molar-refractivity contribution in [2.45, 2.75) is 24.6 Å². The van der Waals surface area contributed by atoms with E-state index in [1.807, 2.05) is 0 Å². The van der Waals surface area contributed by atoms with Crippen LogP contribution in [0, 0.1) is 11.3 Å². The van der Waals surface area contributed by atoms with E-state index in [1.165, 1.54) is 12.1 Å². The Kier molecular flexibility index (Phi) is 4.87. The van der Waals surface area contributed by atoms with Gasteiger partial charge in [0.15, 0.2) is 0 Å². The first kappa shape index (κ1) is 18.6. The number of rotatable bonds is 2. The van der Waals surface area contributed by atoms with Gasteiger partial charge in [0.05, 0.1) is 22.8 Å². The first-order valence-electron chi connectivity index (χ1n) is 8.08. The normalized spacial score (nSPS) is 17.0. The maximum absolute atomic E-state index is 13.4. The van der Waals surface area contributed by atoms with Crippen LogP contribution in [0.5, 0.6) is 0 Å². The zero-order chi connectivity index (χ0) is 18.9. The molecule has 2 aromatic rings. The topological polar surface area (TPSA) is 47.3 Å². The molecule has 3 rings (SSSR count). The zero-order valence-electron chi connectivity index (χ0n) is 13.7. The molecule has 0 saturated carbocycles. The van der Waals surface area contributed by atoms with Gasteiger partial charge in [-0.1, -0.05) is 29.8 Å². The molecule has 1 fully saturated rings. The van der Waals surface area contributed by atoms with Gasteiger partial charge in [0.1, 0.15) is 0 Å². The fourth-order valence-electron chi connectivity index (χ4n) is 3.33. The second-order valence-electron chi connectivity index (χ2n) is 6.34. The quantitative estimate of drug-likeness (QED) is 0.820. The van der Waals surface area contributed by atoms with Crippen LogP contribution in [-0.4, -0.2) is 18.2 Å². The van der Waals surface area contributed by atoms with Crippen LogP contribution in [0.4, 0.5) is 18.9 Å². The lowest BCUT2D eigenvalue weighted by Crippen LogP contribution is -2.43. The zero-order valence-corrected chi connectivity index (χ0v) is 14.5. The van der Waals surface area contributed by atoms with Gasteiger partial charge >= 0.3 is 6.18 Å². The van der Waals surface area contributed by atoms with Gasteiger partial charge in [0.2, 0.25) is 0 Å². The van der Waals surface area contributed by atoms with E-state index in [9.17, 15) is 18.3 Å². The highest BCUT2D eigenvalue weighted by Crippen LogP contribution is 2.41. The Morgan fingerprint density at radius 2 is 1.77 bits per heavy atom. The van der Waals surface area contributed by atoms with Crippen LogP contribution in [0.1, 0.15) is 29.5 Å². The van der Waals surface area contributed by atoms with Crippen molar-refractivity contribution in [3.05, 3.63) is 64.2 Å². The van der Waals surface area contributed by atoms with Gasteiger partial charge in [-0.2, -0.15) is 18.4 Å². The summed E-state index contributed by atoms with van der Waals surface area (Å²) in [4.78, 5) is 1.59. The SMILES string of the molecule is N#Cc1ccc(N2CCC(O)(c3ccccc3Cl)CC2)c(C(F)(F)F)c1. The molecule has 1 heterocycles. The van der Waals surface area contributed by atoms with Crippen LogP contribution in [0.2, 0.25) is 5.02 Å². The van der Waals surface area contributed by atoms with Crippen molar-refractivity contribution in [3.63, 3.8) is 0 Å². The van der Waals surface area contributed by atoms with Crippen LogP contribution in [0.25, 0.3) is 0 Å². The number of benzene rings is 2. The Labute approximate surface area is 154 Å². The van der Waals surface area contributed by atoms with Crippen LogP contribution < -0.4 is 4.90 Å². The molecule has 0 unspecified atom stereocenters. The number of halogens is 4. The Morgan fingerprint density at radius 1 is 1.12 bits per heavy atom. The van der Waals surface area contributed by atoms with Crippen molar-refractivity contribution >= 4 is 17.3 Å². The summed E-state index contributed by atoms with van der Waals surface area (Å²) in [5.74, 6) is 0. The highest BCUT2D eigenvalue weighted by Gasteiger charge is 2.39. The summed E-state index contributed by atoms with van der Waals surface area (Å²) < 4.78 is 40.2. The lowest BCUT2D eigenvalue weighted by atomic mass is 9.84. The van der Waals surface area contributed by atoms with Crippen molar-refractivity contribution < 1.29 is 18.3 Å². The fraction of sp³-hybridized carbons (Fsp3) is 0.316. The number of aliphatic hydroxyl groups is 1. The smallest absolute Gasteiger partial charge is 0.385 e. The van der Waals surface area contributed by atoms with Gasteiger partial charge in [0.25, 0.3) is 0 Å². The molecule has 26 heavy (non-hydrogen) atoms. The second-order valence-corrected chi connectivity index (χ2v) is 6.75. The molecule has 1 aliphatic heterocycles. The summed E-state index contributed by atoms with van der Waals surface area (Å²) >= 11 is 6.17. The Morgan fingerprint density at radius 3 is 2.35 bits per heavy atom.